The van der Waals surface area contributed by atoms with E-state index in [4.69, 9.17) is 14.2 Å². The molecule has 3 aromatic rings. The molecule has 2 heterocycles. The monoisotopic (exact) mass is 477 g/mol. The fourth-order valence-corrected chi connectivity index (χ4v) is 4.16. The molecule has 166 valence electrons. The zero-order chi connectivity index (χ0) is 22.8. The van der Waals surface area contributed by atoms with Crippen LogP contribution in [0, 0.1) is 0 Å². The summed E-state index contributed by atoms with van der Waals surface area (Å²) in [6.45, 7) is 0.0831. The van der Waals surface area contributed by atoms with Crippen molar-refractivity contribution in [2.24, 2.45) is 7.05 Å². The van der Waals surface area contributed by atoms with E-state index in [1.165, 1.54) is 18.8 Å². The molecule has 1 atom stereocenters. The van der Waals surface area contributed by atoms with Gasteiger partial charge in [-0.15, -0.1) is 0 Å². The second-order valence-electron chi connectivity index (χ2n) is 7.08. The maximum Gasteiger partial charge on any atom is 1.00 e. The van der Waals surface area contributed by atoms with Gasteiger partial charge in [0.15, 0.2) is 11.5 Å². The number of carbonyl (C=O) groups excluding carboxylic acids is 2. The Balaban J connectivity index is 0.00000306. The molecule has 2 aromatic carbocycles. The molecular formula is C22H20N3NaO6S. The van der Waals surface area contributed by atoms with Crippen molar-refractivity contribution in [2.75, 3.05) is 14.2 Å². The predicted molar refractivity (Wildman–Crippen MR) is 120 cm³/mol. The van der Waals surface area contributed by atoms with Gasteiger partial charge in [0.25, 0.3) is 5.56 Å². The summed E-state index contributed by atoms with van der Waals surface area (Å²) in [5, 5.41) is 2.92. The first kappa shape index (κ1) is 25.1. The number of hydrogen-bond acceptors (Lipinski definition) is 8. The molecule has 9 nitrogen and oxygen atoms in total. The minimum Gasteiger partial charge on any atom is -0.585 e. The fourth-order valence-electron chi connectivity index (χ4n) is 3.35. The van der Waals surface area contributed by atoms with Crippen LogP contribution in [0.15, 0.2) is 41.2 Å². The maximum absolute atomic E-state index is 12.8. The Morgan fingerprint density at radius 2 is 1.73 bits per heavy atom. The largest absolute Gasteiger partial charge is 1.00 e. The summed E-state index contributed by atoms with van der Waals surface area (Å²) in [4.78, 5) is 40.3. The molecule has 1 aliphatic rings. The van der Waals surface area contributed by atoms with E-state index in [0.717, 1.165) is 17.3 Å². The number of carbonyl (C=O) groups is 2. The number of methoxy groups -OCH3 is 2. The number of benzene rings is 2. The van der Waals surface area contributed by atoms with Gasteiger partial charge in [-0.25, -0.2) is 4.98 Å². The van der Waals surface area contributed by atoms with Gasteiger partial charge in [-0.05, 0) is 30.2 Å². The summed E-state index contributed by atoms with van der Waals surface area (Å²) in [5.41, 5.74) is 1.16. The Kier molecular flexibility index (Phi) is 8.06. The minimum atomic E-state index is -0.471. The third-order valence-electron chi connectivity index (χ3n) is 5.11. The molecule has 4 rings (SSSR count). The molecule has 1 aromatic heterocycles. The number of amides is 2. The molecule has 1 fully saturated rings. The van der Waals surface area contributed by atoms with E-state index in [1.54, 1.807) is 31.3 Å². The quantitative estimate of drug-likeness (QED) is 0.444. The van der Waals surface area contributed by atoms with Gasteiger partial charge < -0.3 is 29.1 Å². The molecule has 33 heavy (non-hydrogen) atoms. The Labute approximate surface area is 216 Å². The summed E-state index contributed by atoms with van der Waals surface area (Å²) >= 11 is 0.945. The van der Waals surface area contributed by atoms with Crippen LogP contribution < -0.4 is 49.3 Å². The first-order valence-electron chi connectivity index (χ1n) is 9.69. The average molecular weight is 477 g/mol. The molecule has 11 heteroatoms. The average Bonchev–Trinajstić information content (AvgIpc) is 3.11. The van der Waals surface area contributed by atoms with Crippen molar-refractivity contribution in [1.29, 1.82) is 0 Å². The van der Waals surface area contributed by atoms with Crippen LogP contribution in [0.2, 0.25) is 0 Å². The van der Waals surface area contributed by atoms with Crippen molar-refractivity contribution in [1.82, 2.24) is 9.55 Å². The van der Waals surface area contributed by atoms with E-state index in [-0.39, 0.29) is 41.7 Å². The molecule has 2 amide bonds. The van der Waals surface area contributed by atoms with Crippen molar-refractivity contribution in [3.63, 3.8) is 0 Å². The van der Waals surface area contributed by atoms with Crippen LogP contribution in [0.25, 0.3) is 16.2 Å². The van der Waals surface area contributed by atoms with E-state index >= 15 is 0 Å². The number of rotatable bonds is 7. The topological polar surface area (TPSA) is 111 Å². The Morgan fingerprint density at radius 3 is 2.33 bits per heavy atom. The van der Waals surface area contributed by atoms with Crippen LogP contribution in [0.3, 0.4) is 0 Å². The van der Waals surface area contributed by atoms with E-state index in [2.05, 4.69) is 10.3 Å². The molecule has 1 unspecified atom stereocenters. The third-order valence-corrected chi connectivity index (χ3v) is 6.05. The van der Waals surface area contributed by atoms with Crippen LogP contribution in [-0.2, 0) is 24.9 Å². The first-order valence-corrected chi connectivity index (χ1v) is 10.6. The molecule has 1 saturated heterocycles. The van der Waals surface area contributed by atoms with E-state index in [9.17, 15) is 14.4 Å². The number of hydrogen-bond donors (Lipinski definition) is 0. The summed E-state index contributed by atoms with van der Waals surface area (Å²) in [6, 6.07) is 10.5. The van der Waals surface area contributed by atoms with E-state index in [1.807, 2.05) is 12.1 Å². The molecule has 0 N–H and O–H groups in total. The molecular weight excluding hydrogens is 457 g/mol. The normalized spacial score (nSPS) is 15.2. The summed E-state index contributed by atoms with van der Waals surface area (Å²) in [7, 11) is 4.66. The van der Waals surface area contributed by atoms with Gasteiger partial charge in [-0.3, -0.25) is 9.36 Å². The van der Waals surface area contributed by atoms with Gasteiger partial charge in [0, 0.05) is 13.1 Å². The summed E-state index contributed by atoms with van der Waals surface area (Å²) in [6.07, 6.45) is 0.422. The van der Waals surface area contributed by atoms with Crippen molar-refractivity contribution < 1.29 is 53.4 Å². The number of thioether (sulfide) groups is 1. The summed E-state index contributed by atoms with van der Waals surface area (Å²) < 4.78 is 17.8. The van der Waals surface area contributed by atoms with Crippen molar-refractivity contribution in [3.8, 4) is 17.2 Å². The van der Waals surface area contributed by atoms with Crippen LogP contribution in [0.1, 0.15) is 11.4 Å². The molecule has 0 radical (unpaired) electrons. The van der Waals surface area contributed by atoms with Gasteiger partial charge in [0.2, 0.25) is 0 Å². The number of nitrogens with zero attached hydrogens (tertiary/aromatic N) is 3. The third kappa shape index (κ3) is 5.35. The van der Waals surface area contributed by atoms with Crippen LogP contribution in [-0.4, -0.2) is 40.2 Å². The molecule has 0 saturated carbocycles. The second kappa shape index (κ2) is 10.6. The zero-order valence-corrected chi connectivity index (χ0v) is 21.5. The number of aromatic nitrogens is 2. The fraction of sp³-hybridized carbons (Fsp3) is 0.273. The van der Waals surface area contributed by atoms with Gasteiger partial charge in [-0.2, -0.15) is 0 Å². The molecule has 0 aliphatic carbocycles. The van der Waals surface area contributed by atoms with Crippen molar-refractivity contribution >= 4 is 33.8 Å². The molecule has 0 spiro atoms. The smallest absolute Gasteiger partial charge is 0.585 e. The van der Waals surface area contributed by atoms with Gasteiger partial charge in [0.1, 0.15) is 23.4 Å². The van der Waals surface area contributed by atoms with Gasteiger partial charge in [-0.1, -0.05) is 23.9 Å². The van der Waals surface area contributed by atoms with Crippen LogP contribution in [0.4, 0.5) is 4.79 Å². The number of imide groups is 1. The molecule has 0 bridgehead atoms. The zero-order valence-electron chi connectivity index (χ0n) is 18.7. The van der Waals surface area contributed by atoms with Crippen LogP contribution in [0.5, 0.6) is 17.2 Å². The maximum atomic E-state index is 12.8. The van der Waals surface area contributed by atoms with Gasteiger partial charge in [0.05, 0.1) is 36.3 Å². The number of fused-ring (bicyclic) bond motifs is 1. The van der Waals surface area contributed by atoms with Crippen molar-refractivity contribution in [2.45, 2.75) is 18.3 Å². The second-order valence-corrected chi connectivity index (χ2v) is 8.23. The Bertz CT molecular complexity index is 1260. The number of ether oxygens (including phenoxy) is 3. The first-order chi connectivity index (χ1) is 15.4. The predicted octanol–water partition coefficient (Wildman–Crippen LogP) is 0.212. The molecule has 1 aliphatic heterocycles. The Morgan fingerprint density at radius 1 is 1.06 bits per heavy atom. The van der Waals surface area contributed by atoms with E-state index < -0.39 is 16.4 Å². The standard InChI is InChI=1S/C22H21N3O6S.Na/c1-25-19(23-15-10-17(30-3)16(29-2)9-14(15)21(25)27)11-31-13-6-4-12(5-7-13)8-18-20(26)24-22(28)32-18;/h4-7,9-10,18H,8,11H2,1-3H3,(H,24,26,28);/q;+1/p-1. The van der Waals surface area contributed by atoms with Crippen LogP contribution >= 0.6 is 11.8 Å². The van der Waals surface area contributed by atoms with E-state index in [0.29, 0.717) is 40.4 Å². The summed E-state index contributed by atoms with van der Waals surface area (Å²) in [5.74, 6) is 1.58. The minimum absolute atomic E-state index is 0. The Hall–Kier alpha value is -2.53. The SMILES string of the molecule is COc1cc2nc(COc3ccc(CC4SC(=O)[N-]C4=O)cc3)n(C)c(=O)c2cc1OC.[Na+]. The van der Waals surface area contributed by atoms with Gasteiger partial charge >= 0.3 is 29.6 Å². The van der Waals surface area contributed by atoms with Crippen molar-refractivity contribution in [3.05, 3.63) is 63.5 Å².